The Kier molecular flexibility index (Phi) is 6.46. The van der Waals surface area contributed by atoms with Crippen molar-refractivity contribution in [1.29, 1.82) is 0 Å². The maximum Gasteiger partial charge on any atom is 0.269 e. The monoisotopic (exact) mass is 935 g/mol. The first-order chi connectivity index (χ1) is 42.8. The second-order valence-electron chi connectivity index (χ2n) is 17.3. The van der Waals surface area contributed by atoms with Crippen molar-refractivity contribution in [2.45, 2.75) is 26.7 Å². The number of hydrogen-bond donors (Lipinski definition) is 0. The first-order valence-corrected chi connectivity index (χ1v) is 22.8. The van der Waals surface area contributed by atoms with Crippen LogP contribution in [0, 0.1) is 12.2 Å². The molecule has 9 aromatic carbocycles. The fourth-order valence-corrected chi connectivity index (χ4v) is 9.43. The Balaban J connectivity index is 0.993. The van der Waals surface area contributed by atoms with Crippen LogP contribution in [0.3, 0.4) is 0 Å². The van der Waals surface area contributed by atoms with Gasteiger partial charge in [-0.3, -0.25) is 13.7 Å². The highest BCUT2D eigenvalue weighted by atomic mass is 16.5. The molecule has 0 aliphatic rings. The molecular formula is C65H49N5O. The van der Waals surface area contributed by atoms with Crippen LogP contribution in [-0.2, 0) is 0 Å². The minimum absolute atomic E-state index is 0.0293. The van der Waals surface area contributed by atoms with E-state index in [1.807, 2.05) is 55.7 Å². The molecule has 6 heteroatoms. The van der Waals surface area contributed by atoms with Gasteiger partial charge >= 0.3 is 0 Å². The van der Waals surface area contributed by atoms with Crippen LogP contribution in [0.25, 0.3) is 99.8 Å². The van der Waals surface area contributed by atoms with Crippen molar-refractivity contribution in [3.8, 4) is 56.6 Å². The first kappa shape index (κ1) is 26.7. The zero-order valence-electron chi connectivity index (χ0n) is 57.3. The molecule has 0 aliphatic carbocycles. The van der Waals surface area contributed by atoms with Gasteiger partial charge in [-0.25, -0.2) is 4.98 Å². The standard InChI is InChI=1S/C65H49N5O/c1-43(2)44(3)47-36-37-66-64(38-47)70-60-35-32-49(69-58-28-12-10-24-54(58)55-25-11-13-29-59(55)69)40-57(60)56-34-33-51(41-63(56)70)71-50-23-16-22-48(39-50)67-42-68(62-31-15-14-30-61(62)67)65-52(45-18-6-4-7-19-45)26-17-27-53(65)46-20-8-5-9-21-46/h4-41,43-44H,1-3H3/i4D,5D,6D,7D,8D,9D,10D,11D,12D,13D,18D,19D,20D,21D,24D,25D,28D,29D,44D. The summed E-state index contributed by atoms with van der Waals surface area (Å²) >= 11 is 0. The number of hydrogen-bond acceptors (Lipinski definition) is 2. The lowest BCUT2D eigenvalue weighted by Crippen LogP contribution is -2.31. The molecule has 4 aromatic heterocycles. The van der Waals surface area contributed by atoms with Gasteiger partial charge in [0, 0.05) is 40.9 Å². The van der Waals surface area contributed by atoms with Crippen molar-refractivity contribution in [2.24, 2.45) is 5.92 Å². The molecule has 0 radical (unpaired) electrons. The summed E-state index contributed by atoms with van der Waals surface area (Å²) in [5.41, 5.74) is 3.67. The zero-order chi connectivity index (χ0) is 64.2. The lowest BCUT2D eigenvalue weighted by atomic mass is 9.91. The predicted octanol–water partition coefficient (Wildman–Crippen LogP) is 16.2. The van der Waals surface area contributed by atoms with Crippen LogP contribution in [0.4, 0.5) is 0 Å². The summed E-state index contributed by atoms with van der Waals surface area (Å²) in [5, 5.41) is 1.19. The smallest absolute Gasteiger partial charge is 0.269 e. The van der Waals surface area contributed by atoms with E-state index in [1.54, 1.807) is 94.2 Å². The highest BCUT2D eigenvalue weighted by Crippen LogP contribution is 2.40. The van der Waals surface area contributed by atoms with Gasteiger partial charge in [0.2, 0.25) is 0 Å². The Morgan fingerprint density at radius 1 is 0.521 bits per heavy atom. The second kappa shape index (κ2) is 17.2. The minimum Gasteiger partial charge on any atom is -0.458 e. The minimum atomic E-state index is -1.03. The predicted molar refractivity (Wildman–Crippen MR) is 291 cm³/mol. The third-order valence-electron chi connectivity index (χ3n) is 13.0. The average Bonchev–Trinajstić information content (AvgIpc) is 1.52. The summed E-state index contributed by atoms with van der Waals surface area (Å²) in [6.07, 6.45) is 5.05. The van der Waals surface area contributed by atoms with Crippen LogP contribution in [-0.4, -0.2) is 18.7 Å². The molecule has 0 bridgehead atoms. The van der Waals surface area contributed by atoms with Crippen LogP contribution < -0.4 is 9.30 Å². The summed E-state index contributed by atoms with van der Waals surface area (Å²) in [6, 6.07) is 23.6. The van der Waals surface area contributed by atoms with Gasteiger partial charge in [-0.1, -0.05) is 166 Å². The number of para-hydroxylation sites is 5. The third-order valence-corrected chi connectivity index (χ3v) is 13.0. The fourth-order valence-electron chi connectivity index (χ4n) is 9.43. The van der Waals surface area contributed by atoms with E-state index in [0.717, 1.165) is 0 Å². The van der Waals surface area contributed by atoms with E-state index in [9.17, 15) is 1.37 Å². The quantitative estimate of drug-likeness (QED) is 0.101. The molecule has 6 nitrogen and oxygen atoms in total. The molecule has 0 aliphatic heterocycles. The van der Waals surface area contributed by atoms with Gasteiger partial charge in [0.1, 0.15) is 17.3 Å². The first-order valence-electron chi connectivity index (χ1n) is 32.3. The second-order valence-corrected chi connectivity index (χ2v) is 17.3. The Labute approximate surface area is 439 Å². The molecule has 4 heterocycles. The third kappa shape index (κ3) is 7.18. The summed E-state index contributed by atoms with van der Waals surface area (Å²) < 4.78 is 181. The van der Waals surface area contributed by atoms with Gasteiger partial charge in [-0.05, 0) is 112 Å². The number of benzene rings is 9. The summed E-state index contributed by atoms with van der Waals surface area (Å²) in [7, 11) is 0. The lowest BCUT2D eigenvalue weighted by Gasteiger charge is -2.17. The molecule has 71 heavy (non-hydrogen) atoms. The summed E-state index contributed by atoms with van der Waals surface area (Å²) in [4.78, 5) is 4.85. The highest BCUT2D eigenvalue weighted by Gasteiger charge is 2.22. The maximum absolute atomic E-state index is 9.38. The van der Waals surface area contributed by atoms with E-state index >= 15 is 0 Å². The van der Waals surface area contributed by atoms with E-state index in [1.165, 1.54) is 10.6 Å². The van der Waals surface area contributed by atoms with E-state index in [2.05, 4.69) is 6.33 Å². The van der Waals surface area contributed by atoms with Crippen LogP contribution in [0.1, 0.15) is 58.3 Å². The lowest BCUT2D eigenvalue weighted by molar-refractivity contribution is -0.571. The Morgan fingerprint density at radius 3 is 1.90 bits per heavy atom. The molecule has 0 spiro atoms. The van der Waals surface area contributed by atoms with Crippen LogP contribution in [0.5, 0.6) is 11.5 Å². The fraction of sp³-hybridized carbons (Fsp3) is 0.0769. The normalized spacial score (nSPS) is 16.4. The van der Waals surface area contributed by atoms with Crippen LogP contribution in [0.2, 0.25) is 0 Å². The van der Waals surface area contributed by atoms with Gasteiger partial charge in [0.05, 0.1) is 69.1 Å². The number of nitrogens with zero attached hydrogens (tertiary/aromatic N) is 5. The molecule has 0 N–H and O–H groups in total. The Morgan fingerprint density at radius 2 is 1.18 bits per heavy atom. The van der Waals surface area contributed by atoms with E-state index < -0.39 is 115 Å². The summed E-state index contributed by atoms with van der Waals surface area (Å²) in [6.45, 7) is 5.77. The largest absolute Gasteiger partial charge is 0.458 e. The van der Waals surface area contributed by atoms with Crippen molar-refractivity contribution in [3.63, 3.8) is 0 Å². The van der Waals surface area contributed by atoms with Gasteiger partial charge in [-0.15, -0.1) is 0 Å². The van der Waals surface area contributed by atoms with Gasteiger partial charge in [-0.2, -0.15) is 0 Å². The van der Waals surface area contributed by atoms with Crippen molar-refractivity contribution in [3.05, 3.63) is 242 Å². The maximum atomic E-state index is 9.38. The molecule has 0 saturated carbocycles. The van der Waals surface area contributed by atoms with E-state index in [4.69, 9.17) is 34.4 Å². The molecule has 13 rings (SSSR count). The van der Waals surface area contributed by atoms with Crippen molar-refractivity contribution >= 4 is 54.6 Å². The molecule has 340 valence electrons. The molecule has 1 unspecified atom stereocenters. The Hall–Kier alpha value is -9.00. The molecule has 13 aromatic rings. The number of pyridine rings is 1. The number of ether oxygens (including phenoxy) is 1. The molecule has 0 saturated heterocycles. The van der Waals surface area contributed by atoms with Gasteiger partial charge in [0.25, 0.3) is 6.33 Å². The number of fused-ring (bicyclic) bond motifs is 7. The summed E-state index contributed by atoms with van der Waals surface area (Å²) in [5.74, 6) is 0.0742. The number of imidazole rings is 1. The molecule has 0 fully saturated rings. The number of aromatic nitrogens is 5. The van der Waals surface area contributed by atoms with Crippen molar-refractivity contribution in [2.75, 3.05) is 0 Å². The molecule has 0 amide bonds. The molecular weight excluding hydrogens is 867 g/mol. The average molecular weight is 935 g/mol. The van der Waals surface area contributed by atoms with Crippen LogP contribution in [0.15, 0.2) is 230 Å². The SMILES string of the molecule is [2H]c1c([2H])c([2H])c(-c2cccc(-c3c([2H])c([2H])c([2H])c([2H])c3[2H])c2-[n+]2[c-]n(-c3cccc(Oc4ccc5c6cc(-n7c8c([2H])c([2H])c([2H])c([2H])c8c8c([2H])c([2H])c([2H])c([2H])c87)ccc6n(-c6cc(C([2H])(C)C(C)C)ccn6)c5c4)c3)c3ccccc32)c([2H])c1[2H]. The Bertz CT molecular complexity index is 5080. The zero-order valence-corrected chi connectivity index (χ0v) is 38.3. The van der Waals surface area contributed by atoms with Gasteiger partial charge < -0.3 is 9.30 Å². The molecule has 1 atom stereocenters. The van der Waals surface area contributed by atoms with E-state index in [0.29, 0.717) is 67.1 Å². The highest BCUT2D eigenvalue weighted by molar-refractivity contribution is 6.12. The van der Waals surface area contributed by atoms with E-state index in [-0.39, 0.29) is 55.7 Å². The van der Waals surface area contributed by atoms with Crippen LogP contribution >= 0.6 is 0 Å². The van der Waals surface area contributed by atoms with Crippen molar-refractivity contribution in [1.82, 2.24) is 18.7 Å². The van der Waals surface area contributed by atoms with Gasteiger partial charge in [0.15, 0.2) is 0 Å². The topological polar surface area (TPSA) is 40.8 Å². The van der Waals surface area contributed by atoms with Crippen molar-refractivity contribution < 1.29 is 35.3 Å². The number of rotatable bonds is 10.